The summed E-state index contributed by atoms with van der Waals surface area (Å²) in [5.74, 6) is -3.80. The molecule has 5 aliphatic carbocycles. The van der Waals surface area contributed by atoms with Crippen LogP contribution in [0.15, 0.2) is 23.8 Å². The van der Waals surface area contributed by atoms with Crippen molar-refractivity contribution in [3.63, 3.8) is 0 Å². The maximum Gasteiger partial charge on any atom is 0.509 e. The summed E-state index contributed by atoms with van der Waals surface area (Å²) < 4.78 is 50.3. The molecule has 8 nitrogen and oxygen atoms in total. The molecule has 11 atom stereocenters. The standard InChI is InChI=1S/C31H39F2NO7/c1-17-7-5-6-8-24(17)40-27(38)41-31(26(37)39-12-11-34)18(2)13-20-21-15-23(32)22-14-19(35)9-10-28(22,3)30(21,33)25(36)16-29(20,31)4/h9-10,14,17-18,20-21,23-25,36H,5-8,12-13,15-16H2,1-4H3/t17?,18-,20+,21+,23+,24?,25+,28+,29+,30?,31-/m1/s1. The van der Waals surface area contributed by atoms with Gasteiger partial charge in [0.15, 0.2) is 18.1 Å². The molecule has 0 aromatic carbocycles. The Balaban J connectivity index is 1.56. The Morgan fingerprint density at radius 2 is 1.88 bits per heavy atom. The molecule has 0 aromatic heterocycles. The van der Waals surface area contributed by atoms with Crippen LogP contribution < -0.4 is 0 Å². The lowest BCUT2D eigenvalue weighted by molar-refractivity contribution is -0.234. The Labute approximate surface area is 239 Å². The molecule has 0 aliphatic heterocycles. The van der Waals surface area contributed by atoms with Crippen molar-refractivity contribution in [2.75, 3.05) is 6.61 Å². The van der Waals surface area contributed by atoms with Gasteiger partial charge in [-0.15, -0.1) is 0 Å². The van der Waals surface area contributed by atoms with Crippen molar-refractivity contribution in [3.8, 4) is 6.07 Å². The van der Waals surface area contributed by atoms with Crippen LogP contribution in [0, 0.1) is 45.8 Å². The number of nitrogens with zero attached hydrogens (tertiary/aromatic N) is 1. The van der Waals surface area contributed by atoms with Gasteiger partial charge in [0.2, 0.25) is 5.60 Å². The minimum atomic E-state index is -2.35. The highest BCUT2D eigenvalue weighted by atomic mass is 19.1. The third-order valence-corrected chi connectivity index (χ3v) is 11.3. The van der Waals surface area contributed by atoms with Gasteiger partial charge in [-0.2, -0.15) is 5.26 Å². The maximum absolute atomic E-state index is 17.5. The minimum absolute atomic E-state index is 0.00132. The number of carbonyl (C=O) groups excluding carboxylic acids is 3. The molecule has 0 saturated heterocycles. The normalized spacial score (nSPS) is 46.7. The molecule has 0 heterocycles. The van der Waals surface area contributed by atoms with E-state index >= 15 is 8.78 Å². The number of carbonyl (C=O) groups is 3. The summed E-state index contributed by atoms with van der Waals surface area (Å²) in [6.07, 6.45) is 1.90. The van der Waals surface area contributed by atoms with Gasteiger partial charge in [0.1, 0.15) is 18.3 Å². The van der Waals surface area contributed by atoms with Crippen LogP contribution in [-0.4, -0.2) is 59.3 Å². The lowest BCUT2D eigenvalue weighted by atomic mass is 9.44. The van der Waals surface area contributed by atoms with E-state index in [1.165, 1.54) is 19.1 Å². The lowest BCUT2D eigenvalue weighted by Crippen LogP contribution is -2.71. The first-order valence-electron chi connectivity index (χ1n) is 14.7. The third-order valence-electron chi connectivity index (χ3n) is 11.3. The van der Waals surface area contributed by atoms with Gasteiger partial charge < -0.3 is 19.3 Å². The predicted octanol–water partition coefficient (Wildman–Crippen LogP) is 5.09. The fraction of sp³-hybridized carbons (Fsp3) is 0.742. The Morgan fingerprint density at radius 3 is 2.56 bits per heavy atom. The number of hydrogen-bond acceptors (Lipinski definition) is 8. The number of nitriles is 1. The highest BCUT2D eigenvalue weighted by Gasteiger charge is 2.79. The first kappa shape index (κ1) is 29.7. The molecule has 0 amide bonds. The quantitative estimate of drug-likeness (QED) is 0.460. The number of alkyl halides is 2. The second-order valence-corrected chi connectivity index (χ2v) is 13.2. The van der Waals surface area contributed by atoms with E-state index in [0.717, 1.165) is 25.3 Å². The van der Waals surface area contributed by atoms with Crippen molar-refractivity contribution >= 4 is 17.9 Å². The largest absolute Gasteiger partial charge is 0.509 e. The van der Waals surface area contributed by atoms with Crippen molar-refractivity contribution in [1.29, 1.82) is 5.26 Å². The number of rotatable bonds is 4. The van der Waals surface area contributed by atoms with Gasteiger partial charge in [0.25, 0.3) is 0 Å². The van der Waals surface area contributed by atoms with E-state index in [9.17, 15) is 19.5 Å². The monoisotopic (exact) mass is 575 g/mol. The molecule has 0 spiro atoms. The molecule has 10 heteroatoms. The molecule has 41 heavy (non-hydrogen) atoms. The fourth-order valence-corrected chi connectivity index (χ4v) is 9.16. The summed E-state index contributed by atoms with van der Waals surface area (Å²) in [6.45, 7) is 6.22. The molecule has 4 fully saturated rings. The van der Waals surface area contributed by atoms with E-state index in [4.69, 9.17) is 19.5 Å². The highest BCUT2D eigenvalue weighted by molar-refractivity contribution is 6.01. The van der Waals surface area contributed by atoms with Gasteiger partial charge in [0, 0.05) is 22.7 Å². The first-order valence-corrected chi connectivity index (χ1v) is 14.7. The average Bonchev–Trinajstić information content (AvgIpc) is 3.13. The number of fused-ring (bicyclic) bond motifs is 5. The van der Waals surface area contributed by atoms with Gasteiger partial charge in [-0.25, -0.2) is 18.4 Å². The van der Waals surface area contributed by atoms with Crippen LogP contribution in [0.5, 0.6) is 0 Å². The molecule has 0 bridgehead atoms. The molecule has 0 aromatic rings. The number of esters is 1. The van der Waals surface area contributed by atoms with Crippen LogP contribution in [-0.2, 0) is 23.8 Å². The maximum atomic E-state index is 17.5. The minimum Gasteiger partial charge on any atom is -0.447 e. The number of hydrogen-bond donors (Lipinski definition) is 1. The van der Waals surface area contributed by atoms with E-state index in [1.807, 2.05) is 6.92 Å². The number of aliphatic hydroxyl groups excluding tert-OH is 1. The van der Waals surface area contributed by atoms with Crippen molar-refractivity contribution in [3.05, 3.63) is 23.8 Å². The summed E-state index contributed by atoms with van der Waals surface area (Å²) in [5, 5.41) is 20.7. The van der Waals surface area contributed by atoms with Crippen molar-refractivity contribution < 1.29 is 42.5 Å². The molecule has 1 N–H and O–H groups in total. The van der Waals surface area contributed by atoms with Gasteiger partial charge in [-0.3, -0.25) is 4.79 Å². The molecular formula is C31H39F2NO7. The smallest absolute Gasteiger partial charge is 0.447 e. The summed E-state index contributed by atoms with van der Waals surface area (Å²) in [7, 11) is 0. The Bertz CT molecular complexity index is 1230. The van der Waals surface area contributed by atoms with E-state index in [-0.39, 0.29) is 30.8 Å². The van der Waals surface area contributed by atoms with Crippen LogP contribution in [0.25, 0.3) is 0 Å². The van der Waals surface area contributed by atoms with Crippen LogP contribution >= 0.6 is 0 Å². The van der Waals surface area contributed by atoms with Crippen molar-refractivity contribution in [1.82, 2.24) is 0 Å². The van der Waals surface area contributed by atoms with Crippen LogP contribution in [0.3, 0.4) is 0 Å². The highest BCUT2D eigenvalue weighted by Crippen LogP contribution is 2.71. The lowest BCUT2D eigenvalue weighted by Gasteiger charge is -2.62. The first-order chi connectivity index (χ1) is 19.3. The molecule has 5 rings (SSSR count). The predicted molar refractivity (Wildman–Crippen MR) is 141 cm³/mol. The molecule has 4 saturated carbocycles. The van der Waals surface area contributed by atoms with Crippen molar-refractivity contribution in [2.45, 2.75) is 102 Å². The number of aliphatic hydroxyl groups is 1. The van der Waals surface area contributed by atoms with Gasteiger partial charge >= 0.3 is 12.1 Å². The van der Waals surface area contributed by atoms with E-state index < -0.39 is 82.7 Å². The van der Waals surface area contributed by atoms with Gasteiger partial charge in [-0.05, 0) is 75.0 Å². The summed E-state index contributed by atoms with van der Waals surface area (Å²) >= 11 is 0. The zero-order valence-electron chi connectivity index (χ0n) is 24.0. The Kier molecular flexibility index (Phi) is 7.37. The summed E-state index contributed by atoms with van der Waals surface area (Å²) in [4.78, 5) is 39.2. The second kappa shape index (κ2) is 10.2. The molecule has 224 valence electrons. The summed E-state index contributed by atoms with van der Waals surface area (Å²) in [6, 6.07) is 1.75. The number of ether oxygens (including phenoxy) is 3. The zero-order valence-corrected chi connectivity index (χ0v) is 24.0. The Hall–Kier alpha value is -2.80. The molecular weight excluding hydrogens is 536 g/mol. The third kappa shape index (κ3) is 4.09. The zero-order chi connectivity index (χ0) is 30.0. The Morgan fingerprint density at radius 1 is 1.17 bits per heavy atom. The number of allylic oxidation sites excluding steroid dienone is 4. The molecule has 3 unspecified atom stereocenters. The second-order valence-electron chi connectivity index (χ2n) is 13.2. The SMILES string of the molecule is CC1CCCCC1OC(=O)O[C@@]1(C(=O)OCC#N)[C@H](C)C[C@H]2[C@@H]3C[C@H](F)C4=CC(=O)C=C[C@]4(C)C3(F)[C@@H](O)C[C@@]21C. The summed E-state index contributed by atoms with van der Waals surface area (Å²) in [5.41, 5.74) is -7.32. The van der Waals surface area contributed by atoms with E-state index in [1.54, 1.807) is 19.9 Å². The van der Waals surface area contributed by atoms with Crippen LogP contribution in [0.2, 0.25) is 0 Å². The molecule has 5 aliphatic rings. The van der Waals surface area contributed by atoms with E-state index in [0.29, 0.717) is 6.42 Å². The van der Waals surface area contributed by atoms with Crippen LogP contribution in [0.1, 0.15) is 72.6 Å². The number of ketones is 1. The van der Waals surface area contributed by atoms with Gasteiger partial charge in [0.05, 0.1) is 6.10 Å². The average molecular weight is 576 g/mol. The van der Waals surface area contributed by atoms with Crippen molar-refractivity contribution in [2.24, 2.45) is 34.5 Å². The topological polar surface area (TPSA) is 123 Å². The molecule has 0 radical (unpaired) electrons. The van der Waals surface area contributed by atoms with Crippen LogP contribution in [0.4, 0.5) is 13.6 Å². The fourth-order valence-electron chi connectivity index (χ4n) is 9.16. The number of halogens is 2. The van der Waals surface area contributed by atoms with E-state index in [2.05, 4.69) is 0 Å². The van der Waals surface area contributed by atoms with Gasteiger partial charge in [-0.1, -0.05) is 33.3 Å².